The van der Waals surface area contributed by atoms with Gasteiger partial charge in [-0.15, -0.1) is 11.3 Å². The van der Waals surface area contributed by atoms with E-state index in [0.29, 0.717) is 23.7 Å². The molecule has 1 N–H and O–H groups in total. The molecule has 0 aliphatic carbocycles. The van der Waals surface area contributed by atoms with E-state index in [9.17, 15) is 13.2 Å². The topological polar surface area (TPSA) is 68.2 Å². The molecule has 1 fully saturated rings. The number of hydrogen-bond acceptors (Lipinski definition) is 4. The van der Waals surface area contributed by atoms with Gasteiger partial charge >= 0.3 is 0 Å². The fraction of sp³-hybridized carbons (Fsp3) is 0.278. The number of nitrogens with one attached hydrogen (secondary N) is 1. The molecular formula is C18H17ClN2O3S2. The van der Waals surface area contributed by atoms with Crippen molar-refractivity contribution in [3.8, 4) is 0 Å². The highest BCUT2D eigenvalue weighted by Gasteiger charge is 2.30. The van der Waals surface area contributed by atoms with Crippen molar-refractivity contribution in [2.75, 3.05) is 11.5 Å². The van der Waals surface area contributed by atoms with Gasteiger partial charge < -0.3 is 9.88 Å². The Bertz CT molecular complexity index is 1070. The third kappa shape index (κ3) is 3.51. The number of thiophene rings is 1. The van der Waals surface area contributed by atoms with Crippen molar-refractivity contribution < 1.29 is 13.2 Å². The molecule has 1 aliphatic rings. The van der Waals surface area contributed by atoms with Crippen molar-refractivity contribution in [3.63, 3.8) is 0 Å². The van der Waals surface area contributed by atoms with E-state index < -0.39 is 9.84 Å². The number of rotatable bonds is 4. The lowest BCUT2D eigenvalue weighted by Crippen LogP contribution is -2.36. The predicted octanol–water partition coefficient (Wildman–Crippen LogP) is 3.32. The van der Waals surface area contributed by atoms with Crippen LogP contribution in [0.1, 0.15) is 22.5 Å². The maximum Gasteiger partial charge on any atom is 0.268 e. The van der Waals surface area contributed by atoms with Crippen LogP contribution in [0.25, 0.3) is 10.2 Å². The highest BCUT2D eigenvalue weighted by atomic mass is 35.5. The molecule has 0 radical (unpaired) electrons. The van der Waals surface area contributed by atoms with Crippen LogP contribution in [0.2, 0.25) is 5.02 Å². The molecule has 3 aromatic rings. The van der Waals surface area contributed by atoms with Gasteiger partial charge in [-0.2, -0.15) is 0 Å². The smallest absolute Gasteiger partial charge is 0.268 e. The minimum absolute atomic E-state index is 0.0188. The Hall–Kier alpha value is -1.83. The van der Waals surface area contributed by atoms with Gasteiger partial charge in [0.2, 0.25) is 0 Å². The molecule has 4 rings (SSSR count). The summed E-state index contributed by atoms with van der Waals surface area (Å²) in [6.45, 7) is 0.545. The minimum atomic E-state index is -3.03. The quantitative estimate of drug-likeness (QED) is 0.720. The lowest BCUT2D eigenvalue weighted by atomic mass is 10.2. The standard InChI is InChI=1S/C18H17ClN2O3S2/c19-13-3-1-12(2-4-13)10-21-15-5-7-25-17(15)9-16(21)18(22)20-14-6-8-26(23,24)11-14/h1-5,7,9,14H,6,8,10-11H2,(H,20,22). The van der Waals surface area contributed by atoms with Crippen LogP contribution >= 0.6 is 22.9 Å². The Morgan fingerprint density at radius 2 is 2.04 bits per heavy atom. The van der Waals surface area contributed by atoms with Crippen molar-refractivity contribution in [3.05, 3.63) is 58.1 Å². The molecule has 1 atom stereocenters. The van der Waals surface area contributed by atoms with Crippen molar-refractivity contribution in [1.82, 2.24) is 9.88 Å². The van der Waals surface area contributed by atoms with Crippen LogP contribution in [0, 0.1) is 0 Å². The molecule has 0 saturated carbocycles. The first-order valence-electron chi connectivity index (χ1n) is 8.24. The van der Waals surface area contributed by atoms with E-state index in [0.717, 1.165) is 15.8 Å². The third-order valence-electron chi connectivity index (χ3n) is 4.58. The molecule has 1 aromatic carbocycles. The third-order valence-corrected chi connectivity index (χ3v) is 7.45. The van der Waals surface area contributed by atoms with E-state index in [2.05, 4.69) is 5.32 Å². The fourth-order valence-corrected chi connectivity index (χ4v) is 5.90. The summed E-state index contributed by atoms with van der Waals surface area (Å²) in [5.74, 6) is -0.0754. The summed E-state index contributed by atoms with van der Waals surface area (Å²) < 4.78 is 26.3. The largest absolute Gasteiger partial charge is 0.347 e. The fourth-order valence-electron chi connectivity index (χ4n) is 3.28. The monoisotopic (exact) mass is 408 g/mol. The van der Waals surface area contributed by atoms with E-state index >= 15 is 0 Å². The first-order chi connectivity index (χ1) is 12.4. The molecule has 0 bridgehead atoms. The van der Waals surface area contributed by atoms with Gasteiger partial charge in [0.15, 0.2) is 9.84 Å². The highest BCUT2D eigenvalue weighted by molar-refractivity contribution is 7.91. The summed E-state index contributed by atoms with van der Waals surface area (Å²) in [4.78, 5) is 12.8. The van der Waals surface area contributed by atoms with Crippen LogP contribution in [0.5, 0.6) is 0 Å². The maximum absolute atomic E-state index is 12.8. The van der Waals surface area contributed by atoms with Gasteiger partial charge in [0.05, 0.1) is 21.7 Å². The number of carbonyl (C=O) groups excluding carboxylic acids is 1. The van der Waals surface area contributed by atoms with Crippen LogP contribution in [0.3, 0.4) is 0 Å². The normalized spacial score (nSPS) is 19.0. The number of amides is 1. The van der Waals surface area contributed by atoms with Crippen LogP contribution in [-0.4, -0.2) is 36.4 Å². The molecule has 1 amide bonds. The molecule has 8 heteroatoms. The molecule has 136 valence electrons. The molecule has 1 saturated heterocycles. The van der Waals surface area contributed by atoms with Crippen LogP contribution in [0.15, 0.2) is 41.8 Å². The van der Waals surface area contributed by atoms with Gasteiger partial charge in [0.1, 0.15) is 5.69 Å². The second kappa shape index (κ2) is 6.72. The van der Waals surface area contributed by atoms with Crippen LogP contribution < -0.4 is 5.32 Å². The lowest BCUT2D eigenvalue weighted by Gasteiger charge is -2.14. The number of carbonyl (C=O) groups is 1. The minimum Gasteiger partial charge on any atom is -0.347 e. The Morgan fingerprint density at radius 3 is 2.73 bits per heavy atom. The Labute approximate surface area is 160 Å². The Kier molecular flexibility index (Phi) is 4.54. The summed E-state index contributed by atoms with van der Waals surface area (Å²) in [5, 5.41) is 5.54. The SMILES string of the molecule is O=C(NC1CCS(=O)(=O)C1)c1cc2sccc2n1Cc1ccc(Cl)cc1. The first kappa shape index (κ1) is 17.6. The van der Waals surface area contributed by atoms with Crippen molar-refractivity contribution in [2.24, 2.45) is 0 Å². The first-order valence-corrected chi connectivity index (χ1v) is 11.3. The van der Waals surface area contributed by atoms with Gasteiger partial charge in [0.25, 0.3) is 5.91 Å². The molecule has 5 nitrogen and oxygen atoms in total. The molecule has 1 unspecified atom stereocenters. The van der Waals surface area contributed by atoms with Gasteiger partial charge in [-0.25, -0.2) is 8.42 Å². The molecular weight excluding hydrogens is 392 g/mol. The number of halogens is 1. The summed E-state index contributed by atoms with van der Waals surface area (Å²) in [6.07, 6.45) is 0.473. The van der Waals surface area contributed by atoms with Crippen molar-refractivity contribution in [2.45, 2.75) is 19.0 Å². The number of aromatic nitrogens is 1. The molecule has 3 heterocycles. The van der Waals surface area contributed by atoms with E-state index in [1.54, 1.807) is 11.3 Å². The summed E-state index contributed by atoms with van der Waals surface area (Å²) in [7, 11) is -3.03. The second-order valence-electron chi connectivity index (χ2n) is 6.49. The number of benzene rings is 1. The van der Waals surface area contributed by atoms with Gasteiger partial charge in [-0.3, -0.25) is 4.79 Å². The van der Waals surface area contributed by atoms with Gasteiger partial charge in [-0.05, 0) is 41.6 Å². The molecule has 1 aliphatic heterocycles. The van der Waals surface area contributed by atoms with E-state index in [1.165, 1.54) is 0 Å². The lowest BCUT2D eigenvalue weighted by molar-refractivity contribution is 0.0932. The van der Waals surface area contributed by atoms with Crippen molar-refractivity contribution >= 4 is 48.9 Å². The zero-order valence-electron chi connectivity index (χ0n) is 13.8. The van der Waals surface area contributed by atoms with Crippen molar-refractivity contribution in [1.29, 1.82) is 0 Å². The van der Waals surface area contributed by atoms with Crippen LogP contribution in [-0.2, 0) is 16.4 Å². The predicted molar refractivity (Wildman–Crippen MR) is 105 cm³/mol. The number of hydrogen-bond donors (Lipinski definition) is 1. The summed E-state index contributed by atoms with van der Waals surface area (Å²) >= 11 is 7.53. The number of sulfone groups is 1. The zero-order valence-corrected chi connectivity index (χ0v) is 16.2. The summed E-state index contributed by atoms with van der Waals surface area (Å²) in [6, 6.07) is 11.1. The highest BCUT2D eigenvalue weighted by Crippen LogP contribution is 2.27. The second-order valence-corrected chi connectivity index (χ2v) is 10.1. The maximum atomic E-state index is 12.8. The average Bonchev–Trinajstić information content (AvgIpc) is 3.25. The molecule has 26 heavy (non-hydrogen) atoms. The van der Waals surface area contributed by atoms with E-state index in [-0.39, 0.29) is 23.5 Å². The van der Waals surface area contributed by atoms with Gasteiger partial charge in [-0.1, -0.05) is 23.7 Å². The Balaban J connectivity index is 1.63. The average molecular weight is 409 g/mol. The molecule has 2 aromatic heterocycles. The van der Waals surface area contributed by atoms with Crippen LogP contribution in [0.4, 0.5) is 0 Å². The van der Waals surface area contributed by atoms with E-state index in [4.69, 9.17) is 11.6 Å². The number of fused-ring (bicyclic) bond motifs is 1. The zero-order chi connectivity index (χ0) is 18.3. The van der Waals surface area contributed by atoms with Gasteiger partial charge in [0, 0.05) is 17.6 Å². The van der Waals surface area contributed by atoms with E-state index in [1.807, 2.05) is 46.3 Å². The number of nitrogens with zero attached hydrogens (tertiary/aromatic N) is 1. The molecule has 0 spiro atoms. The summed E-state index contributed by atoms with van der Waals surface area (Å²) in [5.41, 5.74) is 2.58. The Morgan fingerprint density at radius 1 is 1.27 bits per heavy atom.